The van der Waals surface area contributed by atoms with Gasteiger partial charge in [-0.1, -0.05) is 6.92 Å². The summed E-state index contributed by atoms with van der Waals surface area (Å²) >= 11 is 0. The molecule has 1 aromatic heterocycles. The van der Waals surface area contributed by atoms with Crippen LogP contribution >= 0.6 is 0 Å². The van der Waals surface area contributed by atoms with Crippen LogP contribution < -0.4 is 5.32 Å². The minimum Gasteiger partial charge on any atom is -0.443 e. The summed E-state index contributed by atoms with van der Waals surface area (Å²) < 4.78 is 5.13. The molecule has 1 heterocycles. The number of nitrogens with zero attached hydrogens (tertiary/aromatic N) is 2. The lowest BCUT2D eigenvalue weighted by Crippen LogP contribution is -2.20. The number of hydrogen-bond acceptors (Lipinski definition) is 4. The van der Waals surface area contributed by atoms with E-state index in [2.05, 4.69) is 10.3 Å². The monoisotopic (exact) mass is 229 g/mol. The molecule has 2 rings (SSSR count). The molecular weight excluding hydrogens is 218 g/mol. The molecule has 5 nitrogen and oxygen atoms in total. The Balaban J connectivity index is 2.18. The van der Waals surface area contributed by atoms with Crippen LogP contribution in [0.5, 0.6) is 0 Å². The van der Waals surface area contributed by atoms with Crippen LogP contribution in [-0.4, -0.2) is 10.9 Å². The summed E-state index contributed by atoms with van der Waals surface area (Å²) in [6, 6.07) is 7.12. The van der Waals surface area contributed by atoms with E-state index < -0.39 is 5.92 Å². The number of nitriles is 1. The van der Waals surface area contributed by atoms with Gasteiger partial charge in [-0.05, 0) is 18.6 Å². The highest BCUT2D eigenvalue weighted by molar-refractivity contribution is 5.95. The molecule has 0 aliphatic rings. The number of fused-ring (bicyclic) bond motifs is 1. The molecule has 1 aromatic carbocycles. The number of amides is 1. The van der Waals surface area contributed by atoms with Crippen LogP contribution in [0, 0.1) is 17.2 Å². The van der Waals surface area contributed by atoms with Gasteiger partial charge in [0.15, 0.2) is 12.0 Å². The number of anilines is 1. The first-order valence-corrected chi connectivity index (χ1v) is 5.28. The quantitative estimate of drug-likeness (QED) is 0.875. The fourth-order valence-electron chi connectivity index (χ4n) is 1.50. The average molecular weight is 229 g/mol. The molecule has 0 aliphatic carbocycles. The van der Waals surface area contributed by atoms with Crippen LogP contribution in [0.25, 0.3) is 11.1 Å². The summed E-state index contributed by atoms with van der Waals surface area (Å²) in [6.07, 6.45) is 1.84. The molecule has 0 saturated heterocycles. The van der Waals surface area contributed by atoms with E-state index in [1.165, 1.54) is 6.39 Å². The number of hydrogen-bond donors (Lipinski definition) is 1. The Labute approximate surface area is 98.1 Å². The van der Waals surface area contributed by atoms with Crippen molar-refractivity contribution in [3.05, 3.63) is 24.6 Å². The van der Waals surface area contributed by atoms with Crippen molar-refractivity contribution >= 4 is 22.7 Å². The van der Waals surface area contributed by atoms with E-state index in [9.17, 15) is 4.79 Å². The lowest BCUT2D eigenvalue weighted by molar-refractivity contribution is -0.118. The van der Waals surface area contributed by atoms with E-state index in [4.69, 9.17) is 9.68 Å². The molecule has 1 N–H and O–H groups in total. The Morgan fingerprint density at radius 3 is 3.18 bits per heavy atom. The average Bonchev–Trinajstić information content (AvgIpc) is 2.77. The van der Waals surface area contributed by atoms with Crippen molar-refractivity contribution in [1.82, 2.24) is 4.98 Å². The standard InChI is InChI=1S/C12H11N3O2/c1-2-8(6-13)12(16)15-9-3-4-10-11(5-9)17-7-14-10/h3-5,7-8H,2H2,1H3,(H,15,16). The van der Waals surface area contributed by atoms with Gasteiger partial charge < -0.3 is 9.73 Å². The molecule has 2 aromatic rings. The Kier molecular flexibility index (Phi) is 3.06. The lowest BCUT2D eigenvalue weighted by Gasteiger charge is -2.07. The third-order valence-corrected chi connectivity index (χ3v) is 2.48. The maximum absolute atomic E-state index is 11.7. The zero-order valence-electron chi connectivity index (χ0n) is 9.30. The maximum Gasteiger partial charge on any atom is 0.241 e. The fraction of sp³-hybridized carbons (Fsp3) is 0.250. The minimum atomic E-state index is -0.625. The molecule has 0 aliphatic heterocycles. The number of rotatable bonds is 3. The van der Waals surface area contributed by atoms with Gasteiger partial charge >= 0.3 is 0 Å². The highest BCUT2D eigenvalue weighted by Gasteiger charge is 2.15. The van der Waals surface area contributed by atoms with Gasteiger partial charge in [0.25, 0.3) is 0 Å². The molecule has 17 heavy (non-hydrogen) atoms. The fourth-order valence-corrected chi connectivity index (χ4v) is 1.50. The summed E-state index contributed by atoms with van der Waals surface area (Å²) in [7, 11) is 0. The van der Waals surface area contributed by atoms with Crippen LogP contribution in [0.4, 0.5) is 5.69 Å². The number of nitrogens with one attached hydrogen (secondary N) is 1. The Hall–Kier alpha value is -2.35. The highest BCUT2D eigenvalue weighted by atomic mass is 16.3. The second kappa shape index (κ2) is 4.66. The van der Waals surface area contributed by atoms with Crippen molar-refractivity contribution in [2.45, 2.75) is 13.3 Å². The molecule has 5 heteroatoms. The van der Waals surface area contributed by atoms with E-state index in [-0.39, 0.29) is 5.91 Å². The minimum absolute atomic E-state index is 0.297. The predicted octanol–water partition coefficient (Wildman–Crippen LogP) is 2.32. The summed E-state index contributed by atoms with van der Waals surface area (Å²) in [5.74, 6) is -0.922. The van der Waals surface area contributed by atoms with Crippen molar-refractivity contribution in [2.75, 3.05) is 5.32 Å². The smallest absolute Gasteiger partial charge is 0.241 e. The number of carbonyl (C=O) groups is 1. The van der Waals surface area contributed by atoms with Crippen molar-refractivity contribution in [1.29, 1.82) is 5.26 Å². The molecule has 0 bridgehead atoms. The topological polar surface area (TPSA) is 78.9 Å². The molecule has 1 unspecified atom stereocenters. The molecular formula is C12H11N3O2. The number of carbonyl (C=O) groups excluding carboxylic acids is 1. The molecule has 1 amide bonds. The molecule has 0 spiro atoms. The summed E-state index contributed by atoms with van der Waals surface area (Å²) in [6.45, 7) is 1.80. The van der Waals surface area contributed by atoms with E-state index in [1.807, 2.05) is 6.07 Å². The number of aromatic nitrogens is 1. The van der Waals surface area contributed by atoms with Crippen molar-refractivity contribution in [3.8, 4) is 6.07 Å². The van der Waals surface area contributed by atoms with Gasteiger partial charge in [-0.2, -0.15) is 5.26 Å². The van der Waals surface area contributed by atoms with Gasteiger partial charge in [-0.25, -0.2) is 4.98 Å². The van der Waals surface area contributed by atoms with Crippen LogP contribution in [0.15, 0.2) is 29.0 Å². The molecule has 1 atom stereocenters. The molecule has 0 radical (unpaired) electrons. The first-order chi connectivity index (χ1) is 8.24. The largest absolute Gasteiger partial charge is 0.443 e. The second-order valence-corrected chi connectivity index (χ2v) is 3.61. The van der Waals surface area contributed by atoms with Gasteiger partial charge in [-0.15, -0.1) is 0 Å². The van der Waals surface area contributed by atoms with Crippen LogP contribution in [0.2, 0.25) is 0 Å². The van der Waals surface area contributed by atoms with E-state index in [0.717, 1.165) is 5.52 Å². The van der Waals surface area contributed by atoms with Crippen molar-refractivity contribution < 1.29 is 9.21 Å². The number of oxazole rings is 1. The second-order valence-electron chi connectivity index (χ2n) is 3.61. The van der Waals surface area contributed by atoms with Crippen molar-refractivity contribution in [3.63, 3.8) is 0 Å². The van der Waals surface area contributed by atoms with E-state index >= 15 is 0 Å². The van der Waals surface area contributed by atoms with Crippen molar-refractivity contribution in [2.24, 2.45) is 5.92 Å². The molecule has 86 valence electrons. The van der Waals surface area contributed by atoms with E-state index in [0.29, 0.717) is 17.7 Å². The van der Waals surface area contributed by atoms with E-state index in [1.54, 1.807) is 25.1 Å². The predicted molar refractivity (Wildman–Crippen MR) is 62.0 cm³/mol. The zero-order chi connectivity index (χ0) is 12.3. The first-order valence-electron chi connectivity index (χ1n) is 5.28. The van der Waals surface area contributed by atoms with Crippen LogP contribution in [0.1, 0.15) is 13.3 Å². The molecule has 0 saturated carbocycles. The summed E-state index contributed by atoms with van der Waals surface area (Å²) in [4.78, 5) is 15.6. The highest BCUT2D eigenvalue weighted by Crippen LogP contribution is 2.18. The summed E-state index contributed by atoms with van der Waals surface area (Å²) in [5, 5.41) is 11.5. The van der Waals surface area contributed by atoms with Crippen LogP contribution in [-0.2, 0) is 4.79 Å². The third-order valence-electron chi connectivity index (χ3n) is 2.48. The van der Waals surface area contributed by atoms with Gasteiger partial charge in [-0.3, -0.25) is 4.79 Å². The zero-order valence-corrected chi connectivity index (χ0v) is 9.30. The Bertz CT molecular complexity index is 583. The van der Waals surface area contributed by atoms with Gasteiger partial charge in [0, 0.05) is 11.8 Å². The van der Waals surface area contributed by atoms with Gasteiger partial charge in [0.05, 0.1) is 6.07 Å². The van der Waals surface area contributed by atoms with Crippen LogP contribution in [0.3, 0.4) is 0 Å². The SMILES string of the molecule is CCC(C#N)C(=O)Nc1ccc2ncoc2c1. The summed E-state index contributed by atoms with van der Waals surface area (Å²) in [5.41, 5.74) is 1.94. The number of benzene rings is 1. The third kappa shape index (κ3) is 2.26. The molecule has 0 fully saturated rings. The van der Waals surface area contributed by atoms with Gasteiger partial charge in [0.1, 0.15) is 11.4 Å². The van der Waals surface area contributed by atoms with Gasteiger partial charge in [0.2, 0.25) is 5.91 Å². The Morgan fingerprint density at radius 2 is 2.47 bits per heavy atom. The first kappa shape index (κ1) is 11.1. The maximum atomic E-state index is 11.7. The lowest BCUT2D eigenvalue weighted by atomic mass is 10.1. The normalized spacial score (nSPS) is 12.0. The Morgan fingerprint density at radius 1 is 1.65 bits per heavy atom.